The van der Waals surface area contributed by atoms with E-state index < -0.39 is 5.60 Å². The Hall–Kier alpha value is -2.34. The van der Waals surface area contributed by atoms with Crippen LogP contribution in [0, 0.1) is 17.8 Å². The lowest BCUT2D eigenvalue weighted by Gasteiger charge is -2.31. The SMILES string of the molecule is COc1cccc([C@@]2(O)CC[C@@H]3CN(C(=O)c4n[nH]c5c4CC(C)CC5)C[C@@H]32)c1. The number of ether oxygens (including phenoxy) is 1. The molecule has 2 aromatic rings. The summed E-state index contributed by atoms with van der Waals surface area (Å²) >= 11 is 0. The van der Waals surface area contributed by atoms with Crippen LogP contribution >= 0.6 is 0 Å². The second-order valence-corrected chi connectivity index (χ2v) is 9.15. The Morgan fingerprint density at radius 1 is 1.34 bits per heavy atom. The van der Waals surface area contributed by atoms with Crippen LogP contribution in [0.2, 0.25) is 0 Å². The van der Waals surface area contributed by atoms with Crippen molar-refractivity contribution in [1.29, 1.82) is 0 Å². The molecular weight excluding hydrogens is 366 g/mol. The number of H-pyrrole nitrogens is 1. The zero-order valence-corrected chi connectivity index (χ0v) is 17.1. The zero-order valence-electron chi connectivity index (χ0n) is 17.1. The largest absolute Gasteiger partial charge is 0.497 e. The summed E-state index contributed by atoms with van der Waals surface area (Å²) in [5, 5.41) is 19.1. The van der Waals surface area contributed by atoms with Crippen molar-refractivity contribution < 1.29 is 14.6 Å². The predicted molar refractivity (Wildman–Crippen MR) is 109 cm³/mol. The van der Waals surface area contributed by atoms with Gasteiger partial charge in [-0.15, -0.1) is 0 Å². The van der Waals surface area contributed by atoms with Crippen molar-refractivity contribution in [3.8, 4) is 5.75 Å². The number of hydrogen-bond acceptors (Lipinski definition) is 4. The molecule has 6 heteroatoms. The van der Waals surface area contributed by atoms with Crippen molar-refractivity contribution in [2.24, 2.45) is 17.8 Å². The van der Waals surface area contributed by atoms with Crippen LogP contribution in [0.15, 0.2) is 24.3 Å². The highest BCUT2D eigenvalue weighted by Crippen LogP contribution is 2.51. The number of methoxy groups -OCH3 is 1. The molecule has 154 valence electrons. The maximum absolute atomic E-state index is 13.3. The first-order chi connectivity index (χ1) is 14.0. The first kappa shape index (κ1) is 18.7. The van der Waals surface area contributed by atoms with Gasteiger partial charge in [0.05, 0.1) is 12.7 Å². The molecule has 2 heterocycles. The van der Waals surface area contributed by atoms with E-state index in [2.05, 4.69) is 17.1 Å². The quantitative estimate of drug-likeness (QED) is 0.838. The van der Waals surface area contributed by atoms with E-state index in [1.807, 2.05) is 29.2 Å². The fourth-order valence-corrected chi connectivity index (χ4v) is 5.71. The van der Waals surface area contributed by atoms with Gasteiger partial charge in [-0.25, -0.2) is 0 Å². The minimum Gasteiger partial charge on any atom is -0.497 e. The van der Waals surface area contributed by atoms with Gasteiger partial charge >= 0.3 is 0 Å². The van der Waals surface area contributed by atoms with Crippen LogP contribution in [-0.2, 0) is 18.4 Å². The second-order valence-electron chi connectivity index (χ2n) is 9.15. The Balaban J connectivity index is 1.38. The lowest BCUT2D eigenvalue weighted by Crippen LogP contribution is -2.37. The smallest absolute Gasteiger partial charge is 0.274 e. The lowest BCUT2D eigenvalue weighted by atomic mass is 9.82. The average Bonchev–Trinajstić information content (AvgIpc) is 3.42. The van der Waals surface area contributed by atoms with E-state index in [4.69, 9.17) is 4.74 Å². The Bertz CT molecular complexity index is 939. The maximum Gasteiger partial charge on any atom is 0.274 e. The average molecular weight is 396 g/mol. The van der Waals surface area contributed by atoms with Crippen LogP contribution in [0.3, 0.4) is 0 Å². The standard InChI is InChI=1S/C23H29N3O3/c1-14-6-7-20-18(10-14)21(25-24-20)22(27)26-12-15-8-9-23(28,19(15)13-26)16-4-3-5-17(11-16)29-2/h3-5,11,14-15,19,28H,6-10,12-13H2,1-2H3,(H,24,25)/t14?,15-,19+,23+/m1/s1. The number of fused-ring (bicyclic) bond motifs is 2. The summed E-state index contributed by atoms with van der Waals surface area (Å²) < 4.78 is 5.35. The van der Waals surface area contributed by atoms with Crippen molar-refractivity contribution in [3.63, 3.8) is 0 Å². The lowest BCUT2D eigenvalue weighted by molar-refractivity contribution is -0.00608. The van der Waals surface area contributed by atoms with E-state index in [0.717, 1.165) is 54.7 Å². The number of amides is 1. The molecule has 3 aliphatic rings. The Morgan fingerprint density at radius 3 is 3.03 bits per heavy atom. The molecule has 29 heavy (non-hydrogen) atoms. The maximum atomic E-state index is 13.3. The van der Waals surface area contributed by atoms with Crippen LogP contribution in [0.25, 0.3) is 0 Å². The van der Waals surface area contributed by atoms with E-state index in [0.29, 0.717) is 30.6 Å². The number of carbonyl (C=O) groups is 1. The Labute approximate surface area is 171 Å². The van der Waals surface area contributed by atoms with E-state index >= 15 is 0 Å². The van der Waals surface area contributed by atoms with E-state index in [-0.39, 0.29) is 11.8 Å². The van der Waals surface area contributed by atoms with Crippen LogP contribution in [-0.4, -0.2) is 46.3 Å². The third-order valence-corrected chi connectivity index (χ3v) is 7.40. The molecule has 1 saturated heterocycles. The summed E-state index contributed by atoms with van der Waals surface area (Å²) in [4.78, 5) is 15.2. The van der Waals surface area contributed by atoms with Crippen molar-refractivity contribution in [2.75, 3.05) is 20.2 Å². The van der Waals surface area contributed by atoms with Crippen molar-refractivity contribution in [3.05, 3.63) is 46.8 Å². The molecule has 0 bridgehead atoms. The fourth-order valence-electron chi connectivity index (χ4n) is 5.71. The van der Waals surface area contributed by atoms with Crippen LogP contribution < -0.4 is 4.74 Å². The van der Waals surface area contributed by atoms with Gasteiger partial charge in [0.2, 0.25) is 0 Å². The number of likely N-dealkylation sites (tertiary alicyclic amines) is 1. The molecule has 0 spiro atoms. The summed E-state index contributed by atoms with van der Waals surface area (Å²) in [5.74, 6) is 1.72. The molecule has 1 aromatic heterocycles. The highest BCUT2D eigenvalue weighted by atomic mass is 16.5. The van der Waals surface area contributed by atoms with Gasteiger partial charge in [0.15, 0.2) is 5.69 Å². The summed E-state index contributed by atoms with van der Waals surface area (Å²) in [6.45, 7) is 3.51. The molecule has 1 saturated carbocycles. The third-order valence-electron chi connectivity index (χ3n) is 7.40. The number of benzene rings is 1. The monoisotopic (exact) mass is 395 g/mol. The highest BCUT2D eigenvalue weighted by Gasteiger charge is 2.53. The topological polar surface area (TPSA) is 78.5 Å². The van der Waals surface area contributed by atoms with Gasteiger partial charge in [0.1, 0.15) is 5.75 Å². The second kappa shape index (κ2) is 6.87. The minimum atomic E-state index is -0.909. The molecule has 4 atom stereocenters. The van der Waals surface area contributed by atoms with Gasteiger partial charge in [0.25, 0.3) is 5.91 Å². The number of rotatable bonds is 3. The van der Waals surface area contributed by atoms with Gasteiger partial charge in [-0.1, -0.05) is 19.1 Å². The van der Waals surface area contributed by atoms with E-state index in [1.54, 1.807) is 7.11 Å². The molecule has 0 radical (unpaired) electrons. The molecule has 1 aliphatic heterocycles. The number of hydrogen-bond donors (Lipinski definition) is 2. The van der Waals surface area contributed by atoms with E-state index in [1.165, 1.54) is 0 Å². The molecular formula is C23H29N3O3. The molecule has 2 aliphatic carbocycles. The van der Waals surface area contributed by atoms with Crippen LogP contribution in [0.4, 0.5) is 0 Å². The molecule has 1 amide bonds. The number of aliphatic hydroxyl groups is 1. The van der Waals surface area contributed by atoms with Crippen LogP contribution in [0.5, 0.6) is 5.75 Å². The Morgan fingerprint density at radius 2 is 2.21 bits per heavy atom. The van der Waals surface area contributed by atoms with Gasteiger partial charge in [-0.05, 0) is 61.6 Å². The van der Waals surface area contributed by atoms with Gasteiger partial charge in [-0.3, -0.25) is 9.89 Å². The normalized spacial score (nSPS) is 30.9. The molecule has 6 nitrogen and oxygen atoms in total. The van der Waals surface area contributed by atoms with Crippen molar-refractivity contribution >= 4 is 5.91 Å². The first-order valence-electron chi connectivity index (χ1n) is 10.7. The van der Waals surface area contributed by atoms with Crippen molar-refractivity contribution in [2.45, 2.75) is 44.6 Å². The molecule has 2 fully saturated rings. The third kappa shape index (κ3) is 2.96. The van der Waals surface area contributed by atoms with E-state index in [9.17, 15) is 9.90 Å². The number of nitrogens with one attached hydrogen (secondary N) is 1. The fraction of sp³-hybridized carbons (Fsp3) is 0.565. The summed E-state index contributed by atoms with van der Waals surface area (Å²) in [7, 11) is 1.64. The summed E-state index contributed by atoms with van der Waals surface area (Å²) in [5.41, 5.74) is 2.81. The van der Waals surface area contributed by atoms with Gasteiger partial charge in [0, 0.05) is 30.3 Å². The number of carbonyl (C=O) groups excluding carboxylic acids is 1. The van der Waals surface area contributed by atoms with Gasteiger partial charge in [-0.2, -0.15) is 5.10 Å². The predicted octanol–water partition coefficient (Wildman–Crippen LogP) is 2.91. The number of nitrogens with zero attached hydrogens (tertiary/aromatic N) is 2. The number of aromatic amines is 1. The first-order valence-corrected chi connectivity index (χ1v) is 10.7. The highest BCUT2D eigenvalue weighted by molar-refractivity contribution is 5.94. The number of aromatic nitrogens is 2. The number of aryl methyl sites for hydroxylation is 1. The molecule has 2 N–H and O–H groups in total. The summed E-state index contributed by atoms with van der Waals surface area (Å²) in [6.07, 6.45) is 4.69. The Kier molecular flexibility index (Phi) is 4.42. The molecule has 5 rings (SSSR count). The summed E-state index contributed by atoms with van der Waals surface area (Å²) in [6, 6.07) is 7.72. The zero-order chi connectivity index (χ0) is 20.2. The molecule has 1 aromatic carbocycles. The van der Waals surface area contributed by atoms with Crippen molar-refractivity contribution in [1.82, 2.24) is 15.1 Å². The van der Waals surface area contributed by atoms with Gasteiger partial charge < -0.3 is 14.7 Å². The molecule has 1 unspecified atom stereocenters. The minimum absolute atomic E-state index is 0.0130. The van der Waals surface area contributed by atoms with Crippen LogP contribution in [0.1, 0.15) is 53.5 Å².